The number of benzene rings is 7. The van der Waals surface area contributed by atoms with Crippen molar-refractivity contribution >= 4 is 32.5 Å². The van der Waals surface area contributed by atoms with E-state index in [4.69, 9.17) is 4.42 Å². The van der Waals surface area contributed by atoms with E-state index in [9.17, 15) is 0 Å². The molecule has 0 aliphatic rings. The maximum atomic E-state index is 6.79. The number of furan rings is 1. The topological polar surface area (TPSA) is 13.1 Å². The van der Waals surface area contributed by atoms with Gasteiger partial charge in [-0.1, -0.05) is 145 Å². The zero-order valence-corrected chi connectivity index (χ0v) is 24.3. The molecule has 0 bridgehead atoms. The summed E-state index contributed by atoms with van der Waals surface area (Å²) in [4.78, 5) is 0. The van der Waals surface area contributed by atoms with Crippen molar-refractivity contribution in [3.05, 3.63) is 157 Å². The third-order valence-electron chi connectivity index (χ3n) is 8.63. The molecule has 0 N–H and O–H groups in total. The van der Waals surface area contributed by atoms with Crippen LogP contribution in [0.2, 0.25) is 0 Å². The molecule has 0 aliphatic carbocycles. The molecule has 1 heteroatoms. The lowest BCUT2D eigenvalue weighted by Crippen LogP contribution is -1.90. The molecule has 7 aromatic carbocycles. The summed E-state index contributed by atoms with van der Waals surface area (Å²) in [7, 11) is 0. The van der Waals surface area contributed by atoms with Gasteiger partial charge < -0.3 is 4.42 Å². The standard InChI is InChI=1S/C42H30O/c1-27-16-20-30(21-17-27)41-37-25-24-32(26-38(37)43-42(41)31-22-18-28(2)19-23-31)40-35-14-8-6-12-33(35)39(29-10-4-3-5-11-29)34-13-7-9-15-36(34)40/h3-26H,1-2H3. The van der Waals surface area contributed by atoms with Crippen LogP contribution in [0.1, 0.15) is 11.1 Å². The molecular weight excluding hydrogens is 520 g/mol. The van der Waals surface area contributed by atoms with Crippen molar-refractivity contribution in [3.63, 3.8) is 0 Å². The minimum absolute atomic E-state index is 0.893. The van der Waals surface area contributed by atoms with E-state index in [-0.39, 0.29) is 0 Å². The molecule has 0 fully saturated rings. The molecule has 0 spiro atoms. The van der Waals surface area contributed by atoms with E-state index in [2.05, 4.69) is 159 Å². The molecule has 0 aliphatic heterocycles. The lowest BCUT2D eigenvalue weighted by atomic mass is 9.86. The van der Waals surface area contributed by atoms with Gasteiger partial charge in [0.05, 0.1) is 0 Å². The maximum absolute atomic E-state index is 6.79. The highest BCUT2D eigenvalue weighted by Gasteiger charge is 2.21. The van der Waals surface area contributed by atoms with Crippen molar-refractivity contribution < 1.29 is 4.42 Å². The van der Waals surface area contributed by atoms with Crippen molar-refractivity contribution in [2.45, 2.75) is 13.8 Å². The molecule has 43 heavy (non-hydrogen) atoms. The van der Waals surface area contributed by atoms with Gasteiger partial charge in [0, 0.05) is 16.5 Å². The second kappa shape index (κ2) is 10.2. The van der Waals surface area contributed by atoms with Gasteiger partial charge in [0.15, 0.2) is 0 Å². The number of hydrogen-bond donors (Lipinski definition) is 0. The van der Waals surface area contributed by atoms with E-state index < -0.39 is 0 Å². The Labute approximate surface area is 251 Å². The fourth-order valence-electron chi connectivity index (χ4n) is 6.52. The average Bonchev–Trinajstić information content (AvgIpc) is 3.43. The molecule has 1 nitrogen and oxygen atoms in total. The summed E-state index contributed by atoms with van der Waals surface area (Å²) < 4.78 is 6.79. The molecule has 0 atom stereocenters. The molecule has 204 valence electrons. The Bertz CT molecular complexity index is 2210. The number of rotatable bonds is 4. The first-order chi connectivity index (χ1) is 21.2. The van der Waals surface area contributed by atoms with Gasteiger partial charge in [0.1, 0.15) is 11.3 Å². The minimum atomic E-state index is 0.893. The summed E-state index contributed by atoms with van der Waals surface area (Å²) in [5.41, 5.74) is 11.6. The van der Waals surface area contributed by atoms with Gasteiger partial charge in [-0.15, -0.1) is 0 Å². The summed E-state index contributed by atoms with van der Waals surface area (Å²) >= 11 is 0. The van der Waals surface area contributed by atoms with Gasteiger partial charge >= 0.3 is 0 Å². The Kier molecular flexibility index (Phi) is 5.98. The highest BCUT2D eigenvalue weighted by molar-refractivity contribution is 6.21. The van der Waals surface area contributed by atoms with Crippen LogP contribution in [-0.4, -0.2) is 0 Å². The minimum Gasteiger partial charge on any atom is -0.455 e. The Hall–Kier alpha value is -5.40. The van der Waals surface area contributed by atoms with Crippen LogP contribution in [0.25, 0.3) is 77.2 Å². The maximum Gasteiger partial charge on any atom is 0.143 e. The van der Waals surface area contributed by atoms with Crippen LogP contribution in [0, 0.1) is 13.8 Å². The summed E-state index contributed by atoms with van der Waals surface area (Å²) in [5, 5.41) is 6.11. The molecule has 8 aromatic rings. The molecule has 0 unspecified atom stereocenters. The fraction of sp³-hybridized carbons (Fsp3) is 0.0476. The molecular formula is C42H30O. The number of fused-ring (bicyclic) bond motifs is 3. The molecule has 1 heterocycles. The van der Waals surface area contributed by atoms with Crippen molar-refractivity contribution in [1.29, 1.82) is 0 Å². The molecule has 0 saturated heterocycles. The highest BCUT2D eigenvalue weighted by Crippen LogP contribution is 2.46. The lowest BCUT2D eigenvalue weighted by molar-refractivity contribution is 0.632. The second-order valence-electron chi connectivity index (χ2n) is 11.5. The van der Waals surface area contributed by atoms with Crippen LogP contribution in [0.4, 0.5) is 0 Å². The van der Waals surface area contributed by atoms with E-state index in [0.717, 1.165) is 39.0 Å². The van der Waals surface area contributed by atoms with Crippen LogP contribution >= 0.6 is 0 Å². The number of hydrogen-bond acceptors (Lipinski definition) is 1. The first-order valence-electron chi connectivity index (χ1n) is 14.9. The van der Waals surface area contributed by atoms with E-state index in [1.807, 2.05) is 0 Å². The van der Waals surface area contributed by atoms with Crippen LogP contribution in [-0.2, 0) is 0 Å². The summed E-state index contributed by atoms with van der Waals surface area (Å²) in [6.07, 6.45) is 0. The van der Waals surface area contributed by atoms with Gasteiger partial charge in [-0.25, -0.2) is 0 Å². The SMILES string of the molecule is Cc1ccc(-c2oc3cc(-c4c5ccccc5c(-c5ccccc5)c5ccccc45)ccc3c2-c2ccc(C)cc2)cc1. The predicted molar refractivity (Wildman–Crippen MR) is 182 cm³/mol. The normalized spacial score (nSPS) is 11.5. The Morgan fingerprint density at radius 1 is 0.349 bits per heavy atom. The van der Waals surface area contributed by atoms with Crippen molar-refractivity contribution in [2.24, 2.45) is 0 Å². The largest absolute Gasteiger partial charge is 0.455 e. The first-order valence-corrected chi connectivity index (χ1v) is 14.9. The van der Waals surface area contributed by atoms with Gasteiger partial charge in [-0.3, -0.25) is 0 Å². The Morgan fingerprint density at radius 2 is 0.791 bits per heavy atom. The predicted octanol–water partition coefficient (Wildman–Crippen LogP) is 12.0. The second-order valence-corrected chi connectivity index (χ2v) is 11.5. The van der Waals surface area contributed by atoms with Gasteiger partial charge in [0.25, 0.3) is 0 Å². The fourth-order valence-corrected chi connectivity index (χ4v) is 6.52. The zero-order valence-electron chi connectivity index (χ0n) is 24.3. The molecule has 0 amide bonds. The zero-order chi connectivity index (χ0) is 28.9. The van der Waals surface area contributed by atoms with E-state index in [1.54, 1.807) is 0 Å². The Balaban J connectivity index is 1.42. The number of aryl methyl sites for hydroxylation is 2. The first kappa shape index (κ1) is 25.3. The van der Waals surface area contributed by atoms with Crippen molar-refractivity contribution in [2.75, 3.05) is 0 Å². The van der Waals surface area contributed by atoms with Gasteiger partial charge in [0.2, 0.25) is 0 Å². The van der Waals surface area contributed by atoms with E-state index >= 15 is 0 Å². The van der Waals surface area contributed by atoms with Gasteiger partial charge in [-0.2, -0.15) is 0 Å². The third kappa shape index (κ3) is 4.24. The van der Waals surface area contributed by atoms with Crippen LogP contribution in [0.3, 0.4) is 0 Å². The molecule has 0 saturated carbocycles. The van der Waals surface area contributed by atoms with Crippen molar-refractivity contribution in [1.82, 2.24) is 0 Å². The highest BCUT2D eigenvalue weighted by atomic mass is 16.3. The van der Waals surface area contributed by atoms with Crippen LogP contribution in [0.5, 0.6) is 0 Å². The molecule has 8 rings (SSSR count). The smallest absolute Gasteiger partial charge is 0.143 e. The summed E-state index contributed by atoms with van der Waals surface area (Å²) in [5.74, 6) is 0.908. The monoisotopic (exact) mass is 550 g/mol. The molecule has 0 radical (unpaired) electrons. The summed E-state index contributed by atoms with van der Waals surface area (Å²) in [6.45, 7) is 4.25. The van der Waals surface area contributed by atoms with Crippen LogP contribution in [0.15, 0.2) is 150 Å². The lowest BCUT2D eigenvalue weighted by Gasteiger charge is -2.17. The Morgan fingerprint density at radius 3 is 1.35 bits per heavy atom. The van der Waals surface area contributed by atoms with Crippen LogP contribution < -0.4 is 0 Å². The van der Waals surface area contributed by atoms with E-state index in [0.29, 0.717) is 0 Å². The third-order valence-corrected chi connectivity index (χ3v) is 8.63. The summed E-state index contributed by atoms with van der Waals surface area (Å²) in [6, 6.07) is 52.5. The molecule has 1 aromatic heterocycles. The van der Waals surface area contributed by atoms with Gasteiger partial charge in [-0.05, 0) is 75.3 Å². The quantitative estimate of drug-likeness (QED) is 0.199. The van der Waals surface area contributed by atoms with Crippen molar-refractivity contribution in [3.8, 4) is 44.7 Å². The average molecular weight is 551 g/mol. The van der Waals surface area contributed by atoms with E-state index in [1.165, 1.54) is 49.4 Å².